The number of rotatable bonds is 3. The van der Waals surface area contributed by atoms with E-state index < -0.39 is 18.6 Å². The van der Waals surface area contributed by atoms with Gasteiger partial charge < -0.3 is 10.5 Å². The molecule has 0 aromatic heterocycles. The molecule has 0 aliphatic carbocycles. The Balaban J connectivity index is 2.64. The highest BCUT2D eigenvalue weighted by Gasteiger charge is 2.27. The molecule has 0 fully saturated rings. The van der Waals surface area contributed by atoms with Gasteiger partial charge in [-0.05, 0) is 17.7 Å². The molecule has 0 heterocycles. The van der Waals surface area contributed by atoms with Gasteiger partial charge in [-0.3, -0.25) is 4.79 Å². The van der Waals surface area contributed by atoms with Crippen LogP contribution in [0.4, 0.5) is 13.2 Å². The summed E-state index contributed by atoms with van der Waals surface area (Å²) in [5.41, 5.74) is 0.629. The lowest BCUT2D eigenvalue weighted by molar-refractivity contribution is -0.123. The highest BCUT2D eigenvalue weighted by atomic mass is 19.4. The predicted octanol–water partition coefficient (Wildman–Crippen LogP) is 1.79. The summed E-state index contributed by atoms with van der Waals surface area (Å²) in [5.74, 6) is -0.810. The summed E-state index contributed by atoms with van der Waals surface area (Å²) >= 11 is 0. The van der Waals surface area contributed by atoms with Crippen LogP contribution >= 0.6 is 0 Å². The van der Waals surface area contributed by atoms with E-state index in [1.807, 2.05) is 0 Å². The molecule has 0 saturated carbocycles. The van der Waals surface area contributed by atoms with Crippen LogP contribution < -0.4 is 5.32 Å². The fourth-order valence-electron chi connectivity index (χ4n) is 1.07. The zero-order valence-electron chi connectivity index (χ0n) is 8.53. The first-order valence-corrected chi connectivity index (χ1v) is 4.55. The lowest BCUT2D eigenvalue weighted by atomic mass is 10.1. The van der Waals surface area contributed by atoms with Crippen LogP contribution in [0.15, 0.2) is 29.4 Å². The SMILES string of the molecule is O=C(NCC(F)(F)F)c1ccc(/C=N/O)cc1. The van der Waals surface area contributed by atoms with Crippen molar-refractivity contribution in [2.24, 2.45) is 5.16 Å². The van der Waals surface area contributed by atoms with E-state index in [2.05, 4.69) is 5.16 Å². The molecular weight excluding hydrogens is 237 g/mol. The second-order valence-corrected chi connectivity index (χ2v) is 3.16. The maximum absolute atomic E-state index is 11.8. The molecule has 0 saturated heterocycles. The average molecular weight is 246 g/mol. The fraction of sp³-hybridized carbons (Fsp3) is 0.200. The summed E-state index contributed by atoms with van der Waals surface area (Å²) in [6.45, 7) is -1.37. The third-order valence-corrected chi connectivity index (χ3v) is 1.83. The summed E-state index contributed by atoms with van der Waals surface area (Å²) in [6, 6.07) is 5.57. The smallest absolute Gasteiger partial charge is 0.405 e. The largest absolute Gasteiger partial charge is 0.411 e. The molecule has 0 radical (unpaired) electrons. The van der Waals surface area contributed by atoms with Gasteiger partial charge in [-0.2, -0.15) is 13.2 Å². The fourth-order valence-corrected chi connectivity index (χ4v) is 1.07. The second-order valence-electron chi connectivity index (χ2n) is 3.16. The van der Waals surface area contributed by atoms with Crippen molar-refractivity contribution in [1.29, 1.82) is 0 Å². The Morgan fingerprint density at radius 1 is 1.35 bits per heavy atom. The summed E-state index contributed by atoms with van der Waals surface area (Å²) in [6.07, 6.45) is -3.30. The van der Waals surface area contributed by atoms with E-state index >= 15 is 0 Å². The number of carbonyl (C=O) groups is 1. The van der Waals surface area contributed by atoms with E-state index in [0.29, 0.717) is 5.56 Å². The van der Waals surface area contributed by atoms with Crippen LogP contribution in [-0.4, -0.2) is 30.1 Å². The normalized spacial score (nSPS) is 11.7. The lowest BCUT2D eigenvalue weighted by Crippen LogP contribution is -2.33. The number of benzene rings is 1. The predicted molar refractivity (Wildman–Crippen MR) is 54.2 cm³/mol. The molecule has 0 aliphatic rings. The molecule has 0 bridgehead atoms. The Hall–Kier alpha value is -2.05. The van der Waals surface area contributed by atoms with Crippen molar-refractivity contribution in [3.05, 3.63) is 35.4 Å². The molecule has 0 atom stereocenters. The first-order chi connectivity index (χ1) is 7.92. The number of hydrogen-bond acceptors (Lipinski definition) is 3. The minimum absolute atomic E-state index is 0.101. The quantitative estimate of drug-likeness (QED) is 0.485. The summed E-state index contributed by atoms with van der Waals surface area (Å²) in [5, 5.41) is 12.8. The molecular formula is C10H9F3N2O2. The first-order valence-electron chi connectivity index (χ1n) is 4.55. The number of hydrogen-bond donors (Lipinski definition) is 2. The van der Waals surface area contributed by atoms with Crippen molar-refractivity contribution in [3.63, 3.8) is 0 Å². The van der Waals surface area contributed by atoms with Crippen molar-refractivity contribution >= 4 is 12.1 Å². The molecule has 1 amide bonds. The molecule has 2 N–H and O–H groups in total. The van der Waals surface area contributed by atoms with E-state index in [1.165, 1.54) is 24.3 Å². The van der Waals surface area contributed by atoms with Crippen LogP contribution in [0.5, 0.6) is 0 Å². The van der Waals surface area contributed by atoms with E-state index in [9.17, 15) is 18.0 Å². The van der Waals surface area contributed by atoms with Gasteiger partial charge >= 0.3 is 6.18 Å². The Morgan fingerprint density at radius 2 is 1.94 bits per heavy atom. The van der Waals surface area contributed by atoms with Crippen LogP contribution in [0.2, 0.25) is 0 Å². The van der Waals surface area contributed by atoms with Gasteiger partial charge in [-0.25, -0.2) is 0 Å². The van der Waals surface area contributed by atoms with Crippen LogP contribution in [0, 0.1) is 0 Å². The van der Waals surface area contributed by atoms with E-state index in [-0.39, 0.29) is 5.56 Å². The van der Waals surface area contributed by atoms with Gasteiger partial charge in [0.2, 0.25) is 0 Å². The molecule has 1 aromatic carbocycles. The van der Waals surface area contributed by atoms with Gasteiger partial charge in [0.1, 0.15) is 6.54 Å². The van der Waals surface area contributed by atoms with Crippen molar-refractivity contribution in [1.82, 2.24) is 5.32 Å². The molecule has 1 rings (SSSR count). The average Bonchev–Trinajstić information content (AvgIpc) is 2.26. The first kappa shape index (κ1) is 13.0. The highest BCUT2D eigenvalue weighted by molar-refractivity contribution is 5.95. The summed E-state index contributed by atoms with van der Waals surface area (Å²) < 4.78 is 35.5. The van der Waals surface area contributed by atoms with Crippen molar-refractivity contribution in [2.75, 3.05) is 6.54 Å². The topological polar surface area (TPSA) is 61.7 Å². The molecule has 7 heteroatoms. The van der Waals surface area contributed by atoms with Gasteiger partial charge in [0.15, 0.2) is 0 Å². The maximum atomic E-state index is 11.8. The molecule has 4 nitrogen and oxygen atoms in total. The molecule has 17 heavy (non-hydrogen) atoms. The van der Waals surface area contributed by atoms with Gasteiger partial charge in [-0.15, -0.1) is 0 Å². The van der Waals surface area contributed by atoms with Crippen LogP contribution in [0.3, 0.4) is 0 Å². The Kier molecular flexibility index (Phi) is 4.08. The monoisotopic (exact) mass is 246 g/mol. The van der Waals surface area contributed by atoms with Crippen molar-refractivity contribution in [3.8, 4) is 0 Å². The van der Waals surface area contributed by atoms with Crippen LogP contribution in [0.1, 0.15) is 15.9 Å². The zero-order valence-corrected chi connectivity index (χ0v) is 8.53. The van der Waals surface area contributed by atoms with Gasteiger partial charge in [-0.1, -0.05) is 17.3 Å². The van der Waals surface area contributed by atoms with E-state index in [1.54, 1.807) is 5.32 Å². The van der Waals surface area contributed by atoms with Crippen LogP contribution in [-0.2, 0) is 0 Å². The number of alkyl halides is 3. The molecule has 0 aliphatic heterocycles. The minimum atomic E-state index is -4.43. The van der Waals surface area contributed by atoms with Crippen LogP contribution in [0.25, 0.3) is 0 Å². The Bertz CT molecular complexity index is 413. The maximum Gasteiger partial charge on any atom is 0.405 e. The van der Waals surface area contributed by atoms with Gasteiger partial charge in [0.05, 0.1) is 6.21 Å². The number of halogens is 3. The number of nitrogens with zero attached hydrogens (tertiary/aromatic N) is 1. The number of nitrogens with one attached hydrogen (secondary N) is 1. The minimum Gasteiger partial charge on any atom is -0.411 e. The Morgan fingerprint density at radius 3 is 2.41 bits per heavy atom. The highest BCUT2D eigenvalue weighted by Crippen LogP contribution is 2.12. The third kappa shape index (κ3) is 4.54. The lowest BCUT2D eigenvalue weighted by Gasteiger charge is -2.08. The molecule has 1 aromatic rings. The third-order valence-electron chi connectivity index (χ3n) is 1.83. The van der Waals surface area contributed by atoms with E-state index in [4.69, 9.17) is 5.21 Å². The van der Waals surface area contributed by atoms with Crippen molar-refractivity contribution < 1.29 is 23.2 Å². The Labute approximate surface area is 94.7 Å². The molecule has 0 unspecified atom stereocenters. The summed E-state index contributed by atoms with van der Waals surface area (Å²) in [7, 11) is 0. The number of carbonyl (C=O) groups excluding carboxylic acids is 1. The molecule has 92 valence electrons. The molecule has 0 spiro atoms. The van der Waals surface area contributed by atoms with Crippen molar-refractivity contribution in [2.45, 2.75) is 6.18 Å². The number of amides is 1. The second kappa shape index (κ2) is 5.33. The standard InChI is InChI=1S/C10H9F3N2O2/c11-10(12,13)6-14-9(16)8-3-1-7(2-4-8)5-15-17/h1-5,17H,6H2,(H,14,16)/b15-5+. The zero-order chi connectivity index (χ0) is 12.9. The van der Waals surface area contributed by atoms with Gasteiger partial charge in [0.25, 0.3) is 5.91 Å². The van der Waals surface area contributed by atoms with Gasteiger partial charge in [0, 0.05) is 5.56 Å². The van der Waals surface area contributed by atoms with E-state index in [0.717, 1.165) is 6.21 Å². The summed E-state index contributed by atoms with van der Waals surface area (Å²) in [4.78, 5) is 11.3. The number of oxime groups is 1.